The molecule has 0 aromatic rings. The number of hydrogen-bond donors (Lipinski definition) is 0. The van der Waals surface area contributed by atoms with E-state index in [0.29, 0.717) is 0 Å². The summed E-state index contributed by atoms with van der Waals surface area (Å²) in [5, 5.41) is 0. The SMILES string of the molecule is CC=C1C2C[N+]23CC13. The molecule has 0 aromatic heterocycles. The van der Waals surface area contributed by atoms with Crippen LogP contribution in [0.25, 0.3) is 0 Å². The molecule has 1 nitrogen and oxygen atoms in total. The van der Waals surface area contributed by atoms with Crippen molar-refractivity contribution in [2.45, 2.75) is 19.0 Å². The summed E-state index contributed by atoms with van der Waals surface area (Å²) in [6.45, 7) is 5.16. The van der Waals surface area contributed by atoms with E-state index in [1.807, 2.05) is 0 Å². The zero-order valence-corrected chi connectivity index (χ0v) is 5.09. The Labute approximate surface area is 49.2 Å². The van der Waals surface area contributed by atoms with Gasteiger partial charge in [-0.05, 0) is 6.92 Å². The monoisotopic (exact) mass is 108 g/mol. The lowest BCUT2D eigenvalue weighted by Crippen LogP contribution is -2.22. The average Bonchev–Trinajstić information content (AvgIpc) is 2.60. The van der Waals surface area contributed by atoms with Gasteiger partial charge in [-0.15, -0.1) is 0 Å². The normalized spacial score (nSPS) is 62.9. The third-order valence-corrected chi connectivity index (χ3v) is 3.10. The van der Waals surface area contributed by atoms with Crippen molar-refractivity contribution in [3.63, 3.8) is 0 Å². The van der Waals surface area contributed by atoms with Crippen LogP contribution in [0.5, 0.6) is 0 Å². The lowest BCUT2D eigenvalue weighted by atomic mass is 10.1. The van der Waals surface area contributed by atoms with Crippen molar-refractivity contribution in [3.8, 4) is 0 Å². The maximum Gasteiger partial charge on any atom is 0.167 e. The minimum Gasteiger partial charge on any atom is -0.292 e. The molecule has 3 heterocycles. The molecule has 3 aliphatic heterocycles. The Bertz CT molecular complexity index is 175. The van der Waals surface area contributed by atoms with E-state index in [-0.39, 0.29) is 0 Å². The van der Waals surface area contributed by atoms with Crippen LogP contribution >= 0.6 is 0 Å². The van der Waals surface area contributed by atoms with Gasteiger partial charge in [-0.3, -0.25) is 4.48 Å². The lowest BCUT2D eigenvalue weighted by molar-refractivity contribution is -0.699. The van der Waals surface area contributed by atoms with Crippen molar-refractivity contribution in [2.24, 2.45) is 0 Å². The van der Waals surface area contributed by atoms with Crippen LogP contribution in [0, 0.1) is 0 Å². The van der Waals surface area contributed by atoms with Gasteiger partial charge in [-0.25, -0.2) is 0 Å². The number of nitrogens with zero attached hydrogens (tertiary/aromatic N) is 1. The van der Waals surface area contributed by atoms with Crippen LogP contribution in [-0.2, 0) is 0 Å². The minimum absolute atomic E-state index is 1.03. The van der Waals surface area contributed by atoms with Crippen molar-refractivity contribution in [1.82, 2.24) is 0 Å². The predicted octanol–water partition coefficient (Wildman–Crippen LogP) is 0.528. The fourth-order valence-corrected chi connectivity index (χ4v) is 2.43. The molecule has 2 atom stereocenters. The summed E-state index contributed by atoms with van der Waals surface area (Å²) in [5.41, 5.74) is 1.77. The first-order valence-electron chi connectivity index (χ1n) is 3.41. The minimum atomic E-state index is 1.03. The highest BCUT2D eigenvalue weighted by Crippen LogP contribution is 2.64. The molecule has 0 bridgehead atoms. The van der Waals surface area contributed by atoms with E-state index in [1.165, 1.54) is 17.6 Å². The van der Waals surface area contributed by atoms with Gasteiger partial charge in [0.05, 0.1) is 5.57 Å². The summed E-state index contributed by atoms with van der Waals surface area (Å²) in [5.74, 6) is 0. The van der Waals surface area contributed by atoms with Gasteiger partial charge in [0, 0.05) is 0 Å². The molecule has 2 unspecified atom stereocenters. The van der Waals surface area contributed by atoms with E-state index in [4.69, 9.17) is 0 Å². The van der Waals surface area contributed by atoms with Crippen LogP contribution in [0.15, 0.2) is 11.6 Å². The number of hydrogen-bond acceptors (Lipinski definition) is 0. The number of piperidine rings is 1. The lowest BCUT2D eigenvalue weighted by Gasteiger charge is -2.08. The zero-order chi connectivity index (χ0) is 5.35. The van der Waals surface area contributed by atoms with E-state index in [1.54, 1.807) is 5.57 Å². The van der Waals surface area contributed by atoms with Crippen molar-refractivity contribution in [3.05, 3.63) is 11.6 Å². The summed E-state index contributed by atoms with van der Waals surface area (Å²) in [7, 11) is 0. The highest BCUT2D eigenvalue weighted by atomic mass is 15.7. The Morgan fingerprint density at radius 1 is 1.50 bits per heavy atom. The molecule has 42 valence electrons. The van der Waals surface area contributed by atoms with Gasteiger partial charge in [-0.1, -0.05) is 6.08 Å². The molecule has 1 spiro atoms. The van der Waals surface area contributed by atoms with Gasteiger partial charge in [0.15, 0.2) is 12.1 Å². The maximum absolute atomic E-state index is 2.33. The molecule has 3 rings (SSSR count). The molecule has 8 heavy (non-hydrogen) atoms. The largest absolute Gasteiger partial charge is 0.292 e. The van der Waals surface area contributed by atoms with Crippen LogP contribution in [0.1, 0.15) is 6.92 Å². The van der Waals surface area contributed by atoms with Gasteiger partial charge < -0.3 is 0 Å². The van der Waals surface area contributed by atoms with Crippen LogP contribution < -0.4 is 0 Å². The highest BCUT2D eigenvalue weighted by molar-refractivity contribution is 5.35. The van der Waals surface area contributed by atoms with Gasteiger partial charge in [0.2, 0.25) is 0 Å². The predicted molar refractivity (Wildman–Crippen MR) is 31.3 cm³/mol. The summed E-state index contributed by atoms with van der Waals surface area (Å²) in [6, 6.07) is 2.06. The Hall–Kier alpha value is -0.300. The number of quaternary nitrogens is 1. The fraction of sp³-hybridized carbons (Fsp3) is 0.714. The molecule has 3 aliphatic rings. The Morgan fingerprint density at radius 3 is 2.38 bits per heavy atom. The van der Waals surface area contributed by atoms with Crippen LogP contribution in [0.4, 0.5) is 0 Å². The molecular weight excluding hydrogens is 98.1 g/mol. The quantitative estimate of drug-likeness (QED) is 0.241. The van der Waals surface area contributed by atoms with Gasteiger partial charge in [0.25, 0.3) is 0 Å². The standard InChI is InChI=1S/C7H10N/c1-2-5-6-3-8(6)4-7(5)8/h2,6-7H,3-4H2,1H3/q+1. The third-order valence-electron chi connectivity index (χ3n) is 3.10. The smallest absolute Gasteiger partial charge is 0.167 e. The van der Waals surface area contributed by atoms with E-state index in [2.05, 4.69) is 13.0 Å². The molecule has 3 saturated heterocycles. The molecule has 3 fully saturated rings. The summed E-state index contributed by atoms with van der Waals surface area (Å²) >= 11 is 0. The van der Waals surface area contributed by atoms with Gasteiger partial charge in [0.1, 0.15) is 13.1 Å². The summed E-state index contributed by atoms with van der Waals surface area (Å²) in [4.78, 5) is 0. The molecule has 0 amide bonds. The van der Waals surface area contributed by atoms with Crippen molar-refractivity contribution >= 4 is 0 Å². The molecule has 0 aliphatic carbocycles. The van der Waals surface area contributed by atoms with Gasteiger partial charge >= 0.3 is 0 Å². The molecular formula is C7H10N+. The van der Waals surface area contributed by atoms with Crippen LogP contribution in [0.3, 0.4) is 0 Å². The molecule has 0 saturated carbocycles. The summed E-state index contributed by atoms with van der Waals surface area (Å²) in [6.07, 6.45) is 2.33. The van der Waals surface area contributed by atoms with E-state index in [9.17, 15) is 0 Å². The van der Waals surface area contributed by atoms with Crippen LogP contribution in [0.2, 0.25) is 0 Å². The van der Waals surface area contributed by atoms with Crippen molar-refractivity contribution in [2.75, 3.05) is 13.1 Å². The van der Waals surface area contributed by atoms with Gasteiger partial charge in [-0.2, -0.15) is 0 Å². The Balaban J connectivity index is 2.10. The van der Waals surface area contributed by atoms with E-state index in [0.717, 1.165) is 12.1 Å². The number of allylic oxidation sites excluding steroid dienone is 1. The first-order chi connectivity index (χ1) is 3.88. The third kappa shape index (κ3) is 0.164. The van der Waals surface area contributed by atoms with Crippen LogP contribution in [-0.4, -0.2) is 29.7 Å². The Kier molecular flexibility index (Phi) is 0.319. The second kappa shape index (κ2) is 0.695. The first-order valence-corrected chi connectivity index (χ1v) is 3.41. The van der Waals surface area contributed by atoms with E-state index < -0.39 is 0 Å². The maximum atomic E-state index is 2.33. The fourth-order valence-electron chi connectivity index (χ4n) is 2.43. The molecule has 0 radical (unpaired) electrons. The molecule has 1 heteroatoms. The van der Waals surface area contributed by atoms with Crippen molar-refractivity contribution in [1.29, 1.82) is 0 Å². The van der Waals surface area contributed by atoms with Crippen molar-refractivity contribution < 1.29 is 4.48 Å². The first kappa shape index (κ1) is 3.67. The molecule has 0 N–H and O–H groups in total. The second-order valence-electron chi connectivity index (χ2n) is 3.29. The highest BCUT2D eigenvalue weighted by Gasteiger charge is 2.86. The topological polar surface area (TPSA) is 0 Å². The number of rotatable bonds is 0. The second-order valence-corrected chi connectivity index (χ2v) is 3.29. The Morgan fingerprint density at radius 2 is 2.12 bits per heavy atom. The van der Waals surface area contributed by atoms with E-state index >= 15 is 0 Å². The molecule has 0 aromatic carbocycles. The average molecular weight is 108 g/mol. The zero-order valence-electron chi connectivity index (χ0n) is 5.09. The summed E-state index contributed by atoms with van der Waals surface area (Å²) < 4.78 is 1.51.